The van der Waals surface area contributed by atoms with E-state index in [1.165, 1.54) is 0 Å². The Hall–Kier alpha value is -2.67. The molecule has 3 amide bonds. The summed E-state index contributed by atoms with van der Waals surface area (Å²) >= 11 is 0. The van der Waals surface area contributed by atoms with Crippen molar-refractivity contribution < 1.29 is 19.1 Å². The van der Waals surface area contributed by atoms with Gasteiger partial charge in [-0.1, -0.05) is 42.0 Å². The van der Waals surface area contributed by atoms with E-state index in [0.717, 1.165) is 11.1 Å². The van der Waals surface area contributed by atoms with Gasteiger partial charge in [0.1, 0.15) is 5.60 Å². The van der Waals surface area contributed by atoms with E-state index in [1.807, 2.05) is 37.3 Å². The van der Waals surface area contributed by atoms with Crippen molar-refractivity contribution >= 4 is 17.7 Å². The molecule has 4 heterocycles. The number of rotatable bonds is 3. The molecule has 3 fully saturated rings. The van der Waals surface area contributed by atoms with Gasteiger partial charge < -0.3 is 19.4 Å². The number of ether oxygens (including phenoxy) is 1. The molecule has 4 atom stereocenters. The van der Waals surface area contributed by atoms with Crippen LogP contribution in [-0.4, -0.2) is 77.4 Å². The number of hydrogen-bond acceptors (Lipinski definition) is 4. The zero-order chi connectivity index (χ0) is 20.3. The van der Waals surface area contributed by atoms with Gasteiger partial charge in [-0.25, -0.2) is 0 Å². The number of benzene rings is 1. The van der Waals surface area contributed by atoms with Crippen molar-refractivity contribution in [1.82, 2.24) is 14.7 Å². The maximum absolute atomic E-state index is 13.3. The third-order valence-electron chi connectivity index (χ3n) is 6.69. The lowest BCUT2D eigenvalue weighted by Crippen LogP contribution is -2.54. The van der Waals surface area contributed by atoms with Crippen LogP contribution in [-0.2, 0) is 25.7 Å². The van der Waals surface area contributed by atoms with Crippen LogP contribution in [0.2, 0.25) is 0 Å². The van der Waals surface area contributed by atoms with Crippen molar-refractivity contribution in [3.63, 3.8) is 0 Å². The predicted molar refractivity (Wildman–Crippen MR) is 105 cm³/mol. The first-order chi connectivity index (χ1) is 13.9. The van der Waals surface area contributed by atoms with Gasteiger partial charge in [0, 0.05) is 26.7 Å². The van der Waals surface area contributed by atoms with Crippen LogP contribution in [0, 0.1) is 18.8 Å². The summed E-state index contributed by atoms with van der Waals surface area (Å²) in [7, 11) is 1.74. The first kappa shape index (κ1) is 18.4. The normalized spacial score (nSPS) is 33.0. The van der Waals surface area contributed by atoms with Gasteiger partial charge in [-0.15, -0.1) is 0 Å². The highest BCUT2D eigenvalue weighted by atomic mass is 16.5. The van der Waals surface area contributed by atoms with Crippen molar-refractivity contribution in [1.29, 1.82) is 0 Å². The number of hydrogen-bond donors (Lipinski definition) is 0. The van der Waals surface area contributed by atoms with E-state index in [9.17, 15) is 14.4 Å². The number of aryl methyl sites for hydroxylation is 1. The Morgan fingerprint density at radius 3 is 2.86 bits per heavy atom. The van der Waals surface area contributed by atoms with Gasteiger partial charge in [0.15, 0.2) is 0 Å². The molecule has 0 radical (unpaired) electrons. The highest BCUT2D eigenvalue weighted by Gasteiger charge is 2.67. The van der Waals surface area contributed by atoms with Crippen LogP contribution in [0.4, 0.5) is 0 Å². The first-order valence-corrected chi connectivity index (χ1v) is 10.1. The van der Waals surface area contributed by atoms with E-state index in [4.69, 9.17) is 4.74 Å². The lowest BCUT2D eigenvalue weighted by atomic mass is 9.76. The summed E-state index contributed by atoms with van der Waals surface area (Å²) in [4.78, 5) is 43.7. The molecule has 1 aromatic carbocycles. The summed E-state index contributed by atoms with van der Waals surface area (Å²) in [5, 5.41) is 0. The molecule has 7 heteroatoms. The highest BCUT2D eigenvalue weighted by Crippen LogP contribution is 2.52. The van der Waals surface area contributed by atoms with Gasteiger partial charge in [0.25, 0.3) is 0 Å². The Labute approximate surface area is 169 Å². The average molecular weight is 395 g/mol. The molecule has 4 aliphatic heterocycles. The monoisotopic (exact) mass is 395 g/mol. The van der Waals surface area contributed by atoms with E-state index < -0.39 is 17.4 Å². The molecule has 4 aliphatic rings. The Balaban J connectivity index is 1.38. The van der Waals surface area contributed by atoms with Crippen LogP contribution in [0.15, 0.2) is 36.4 Å². The van der Waals surface area contributed by atoms with Gasteiger partial charge in [-0.05, 0) is 12.5 Å². The minimum atomic E-state index is -0.720. The molecule has 2 bridgehead atoms. The molecule has 152 valence electrons. The minimum absolute atomic E-state index is 0.0304. The second kappa shape index (κ2) is 6.42. The number of amides is 3. The fourth-order valence-corrected chi connectivity index (χ4v) is 5.18. The molecular formula is C22H25N3O4. The van der Waals surface area contributed by atoms with Crippen LogP contribution in [0.25, 0.3) is 0 Å². The van der Waals surface area contributed by atoms with Crippen molar-refractivity contribution in [2.24, 2.45) is 11.8 Å². The molecule has 7 nitrogen and oxygen atoms in total. The number of likely N-dealkylation sites (N-methyl/N-ethyl adjacent to an activating group) is 1. The number of likely N-dealkylation sites (tertiary alicyclic amines) is 1. The molecule has 1 spiro atoms. The van der Waals surface area contributed by atoms with Gasteiger partial charge in [0.05, 0.1) is 31.0 Å². The molecule has 3 saturated heterocycles. The van der Waals surface area contributed by atoms with Gasteiger partial charge in [-0.2, -0.15) is 0 Å². The number of fused-ring (bicyclic) bond motifs is 1. The Kier molecular flexibility index (Phi) is 4.07. The topological polar surface area (TPSA) is 70.2 Å². The molecule has 0 saturated carbocycles. The quantitative estimate of drug-likeness (QED) is 0.702. The van der Waals surface area contributed by atoms with Crippen LogP contribution in [0.1, 0.15) is 11.1 Å². The first-order valence-electron chi connectivity index (χ1n) is 10.1. The Morgan fingerprint density at radius 1 is 1.28 bits per heavy atom. The van der Waals surface area contributed by atoms with Crippen molar-refractivity contribution in [2.75, 3.05) is 33.2 Å². The number of nitrogens with zero attached hydrogens (tertiary/aromatic N) is 3. The fraction of sp³-hybridized carbons (Fsp3) is 0.500. The van der Waals surface area contributed by atoms with E-state index in [2.05, 4.69) is 6.07 Å². The van der Waals surface area contributed by atoms with Gasteiger partial charge >= 0.3 is 0 Å². The van der Waals surface area contributed by atoms with Crippen LogP contribution in [0.5, 0.6) is 0 Å². The van der Waals surface area contributed by atoms with Crippen molar-refractivity contribution in [3.05, 3.63) is 47.5 Å². The third kappa shape index (κ3) is 2.79. The van der Waals surface area contributed by atoms with Crippen LogP contribution >= 0.6 is 0 Å². The largest absolute Gasteiger partial charge is 0.360 e. The molecule has 0 aromatic heterocycles. The SMILES string of the molecule is Cc1cccc(CN2C[C@@]34C=C[C@@H](O3)C(C(=O)N3CCN(C)C(=O)C3)C4C2=O)c1. The number of carbonyl (C=O) groups is 3. The lowest BCUT2D eigenvalue weighted by molar-refractivity contribution is -0.149. The lowest BCUT2D eigenvalue weighted by Gasteiger charge is -2.35. The summed E-state index contributed by atoms with van der Waals surface area (Å²) < 4.78 is 6.20. The zero-order valence-corrected chi connectivity index (χ0v) is 16.7. The molecule has 2 unspecified atom stereocenters. The second-order valence-corrected chi connectivity index (χ2v) is 8.66. The van der Waals surface area contributed by atoms with Crippen molar-refractivity contribution in [2.45, 2.75) is 25.2 Å². The van der Waals surface area contributed by atoms with E-state index in [-0.39, 0.29) is 30.4 Å². The fourth-order valence-electron chi connectivity index (χ4n) is 5.18. The van der Waals surface area contributed by atoms with Gasteiger partial charge in [-0.3, -0.25) is 14.4 Å². The Morgan fingerprint density at radius 2 is 2.10 bits per heavy atom. The molecule has 1 aromatic rings. The minimum Gasteiger partial charge on any atom is -0.360 e. The number of carbonyl (C=O) groups excluding carboxylic acids is 3. The summed E-state index contributed by atoms with van der Waals surface area (Å²) in [5.74, 6) is -1.30. The summed E-state index contributed by atoms with van der Waals surface area (Å²) in [6, 6.07) is 8.11. The molecular weight excluding hydrogens is 370 g/mol. The third-order valence-corrected chi connectivity index (χ3v) is 6.69. The van der Waals surface area contributed by atoms with E-state index in [0.29, 0.717) is 26.2 Å². The molecule has 5 rings (SSSR count). The maximum atomic E-state index is 13.3. The standard InChI is InChI=1S/C22H25N3O4/c1-14-4-3-5-15(10-14)11-25-13-22-7-6-16(29-22)18(19(22)21(25)28)20(27)24-9-8-23(2)17(26)12-24/h3-7,10,16,18-19H,8-9,11-13H2,1-2H3/t16-,18?,19?,22-/m1/s1. The summed E-state index contributed by atoms with van der Waals surface area (Å²) in [6.07, 6.45) is 3.50. The van der Waals surface area contributed by atoms with Crippen LogP contribution < -0.4 is 0 Å². The smallest absolute Gasteiger partial charge is 0.241 e. The summed E-state index contributed by atoms with van der Waals surface area (Å²) in [6.45, 7) is 4.08. The predicted octanol–water partition coefficient (Wildman–Crippen LogP) is 0.578. The molecule has 0 aliphatic carbocycles. The number of piperazine rings is 1. The molecule has 29 heavy (non-hydrogen) atoms. The zero-order valence-electron chi connectivity index (χ0n) is 16.7. The van der Waals surface area contributed by atoms with E-state index in [1.54, 1.807) is 21.7 Å². The van der Waals surface area contributed by atoms with Gasteiger partial charge in [0.2, 0.25) is 17.7 Å². The van der Waals surface area contributed by atoms with E-state index >= 15 is 0 Å². The average Bonchev–Trinajstić information content (AvgIpc) is 3.32. The summed E-state index contributed by atoms with van der Waals surface area (Å²) in [5.41, 5.74) is 1.50. The second-order valence-electron chi connectivity index (χ2n) is 8.66. The molecule has 0 N–H and O–H groups in total. The van der Waals surface area contributed by atoms with Crippen molar-refractivity contribution in [3.8, 4) is 0 Å². The van der Waals surface area contributed by atoms with Crippen LogP contribution in [0.3, 0.4) is 0 Å². The maximum Gasteiger partial charge on any atom is 0.241 e. The highest BCUT2D eigenvalue weighted by molar-refractivity contribution is 5.94. The Bertz CT molecular complexity index is 928.